The van der Waals surface area contributed by atoms with Gasteiger partial charge in [0.2, 0.25) is 0 Å². The van der Waals surface area contributed by atoms with E-state index in [1.54, 1.807) is 11.3 Å². The Labute approximate surface area is 169 Å². The van der Waals surface area contributed by atoms with Gasteiger partial charge in [0, 0.05) is 30.7 Å². The molecule has 3 aromatic rings. The van der Waals surface area contributed by atoms with Crippen LogP contribution in [-0.4, -0.2) is 30.1 Å². The SMILES string of the molecule is O=C(NCC1CCCN1c1nccs1)NC(c1ccccc1)c1ccccc1. The Bertz CT molecular complexity index is 831. The van der Waals surface area contributed by atoms with Crippen molar-refractivity contribution < 1.29 is 4.79 Å². The highest BCUT2D eigenvalue weighted by Gasteiger charge is 2.27. The van der Waals surface area contributed by atoms with Gasteiger partial charge in [0.05, 0.1) is 6.04 Å². The van der Waals surface area contributed by atoms with Crippen molar-refractivity contribution in [3.05, 3.63) is 83.4 Å². The predicted octanol–water partition coefficient (Wildman–Crippen LogP) is 4.20. The van der Waals surface area contributed by atoms with E-state index in [9.17, 15) is 4.79 Å². The molecule has 2 aromatic carbocycles. The average Bonchev–Trinajstić information content (AvgIpc) is 3.43. The molecule has 0 saturated carbocycles. The smallest absolute Gasteiger partial charge is 0.315 e. The Morgan fingerprint density at radius 2 is 1.79 bits per heavy atom. The zero-order valence-corrected chi connectivity index (χ0v) is 16.4. The zero-order valence-electron chi connectivity index (χ0n) is 15.6. The molecule has 6 heteroatoms. The molecule has 4 rings (SSSR count). The average molecular weight is 393 g/mol. The quantitative estimate of drug-likeness (QED) is 0.661. The van der Waals surface area contributed by atoms with Gasteiger partial charge in [-0.05, 0) is 24.0 Å². The molecule has 5 nitrogen and oxygen atoms in total. The number of amides is 2. The number of nitrogens with zero attached hydrogens (tertiary/aromatic N) is 2. The Morgan fingerprint density at radius 1 is 1.11 bits per heavy atom. The van der Waals surface area contributed by atoms with Crippen LogP contribution < -0.4 is 15.5 Å². The van der Waals surface area contributed by atoms with Crippen molar-refractivity contribution in [2.45, 2.75) is 24.9 Å². The maximum absolute atomic E-state index is 12.7. The van der Waals surface area contributed by atoms with E-state index in [2.05, 4.69) is 20.5 Å². The van der Waals surface area contributed by atoms with Crippen molar-refractivity contribution >= 4 is 22.5 Å². The fourth-order valence-corrected chi connectivity index (χ4v) is 4.44. The Balaban J connectivity index is 1.41. The lowest BCUT2D eigenvalue weighted by molar-refractivity contribution is 0.238. The number of benzene rings is 2. The normalized spacial score (nSPS) is 16.3. The third-order valence-corrected chi connectivity index (χ3v) is 5.89. The summed E-state index contributed by atoms with van der Waals surface area (Å²) in [4.78, 5) is 19.4. The van der Waals surface area contributed by atoms with E-state index in [0.717, 1.165) is 35.6 Å². The van der Waals surface area contributed by atoms with Gasteiger partial charge in [0.25, 0.3) is 0 Å². The van der Waals surface area contributed by atoms with Crippen molar-refractivity contribution in [3.63, 3.8) is 0 Å². The van der Waals surface area contributed by atoms with Gasteiger partial charge < -0.3 is 15.5 Å². The summed E-state index contributed by atoms with van der Waals surface area (Å²) in [7, 11) is 0. The van der Waals surface area contributed by atoms with Gasteiger partial charge in [-0.1, -0.05) is 60.7 Å². The standard InChI is InChI=1S/C22H24N4OS/c27-21(24-16-19-12-7-14-26(19)22-23-13-15-28-22)25-20(17-8-3-1-4-9-17)18-10-5-2-6-11-18/h1-6,8-11,13,15,19-20H,7,12,14,16H2,(H2,24,25,27). The van der Waals surface area contributed by atoms with Gasteiger partial charge in [0.15, 0.2) is 5.13 Å². The van der Waals surface area contributed by atoms with E-state index in [0.29, 0.717) is 12.6 Å². The van der Waals surface area contributed by atoms with Crippen LogP contribution in [0.4, 0.5) is 9.93 Å². The molecule has 1 unspecified atom stereocenters. The number of aromatic nitrogens is 1. The summed E-state index contributed by atoms with van der Waals surface area (Å²) in [6.07, 6.45) is 4.03. The van der Waals surface area contributed by atoms with Gasteiger partial charge in [-0.2, -0.15) is 0 Å². The first-order valence-corrected chi connectivity index (χ1v) is 10.5. The molecule has 1 fully saturated rings. The molecule has 2 heterocycles. The molecule has 1 saturated heterocycles. The van der Waals surface area contributed by atoms with E-state index < -0.39 is 0 Å². The molecule has 0 bridgehead atoms. The predicted molar refractivity (Wildman–Crippen MR) is 114 cm³/mol. The monoisotopic (exact) mass is 392 g/mol. The zero-order chi connectivity index (χ0) is 19.2. The van der Waals surface area contributed by atoms with Gasteiger partial charge in [0.1, 0.15) is 0 Å². The molecular formula is C22H24N4OS. The lowest BCUT2D eigenvalue weighted by atomic mass is 9.99. The summed E-state index contributed by atoms with van der Waals surface area (Å²) in [6, 6.07) is 20.1. The van der Waals surface area contributed by atoms with Crippen LogP contribution in [0, 0.1) is 0 Å². The molecule has 1 aliphatic heterocycles. The maximum Gasteiger partial charge on any atom is 0.315 e. The summed E-state index contributed by atoms with van der Waals surface area (Å²) >= 11 is 1.65. The number of carbonyl (C=O) groups is 1. The molecule has 2 N–H and O–H groups in total. The summed E-state index contributed by atoms with van der Waals surface area (Å²) in [5.41, 5.74) is 2.13. The topological polar surface area (TPSA) is 57.3 Å². The Morgan fingerprint density at radius 3 is 2.39 bits per heavy atom. The molecule has 2 amide bonds. The molecule has 144 valence electrons. The lowest BCUT2D eigenvalue weighted by Crippen LogP contribution is -2.45. The molecular weight excluding hydrogens is 368 g/mol. The third-order valence-electron chi connectivity index (χ3n) is 5.08. The number of hydrogen-bond acceptors (Lipinski definition) is 4. The second-order valence-electron chi connectivity index (χ2n) is 6.91. The second kappa shape index (κ2) is 8.89. The minimum atomic E-state index is -0.180. The number of rotatable bonds is 6. The number of anilines is 1. The number of carbonyl (C=O) groups excluding carboxylic acids is 1. The van der Waals surface area contributed by atoms with Gasteiger partial charge in [-0.25, -0.2) is 9.78 Å². The number of hydrogen-bond donors (Lipinski definition) is 2. The molecule has 1 aliphatic rings. The largest absolute Gasteiger partial charge is 0.343 e. The molecule has 0 radical (unpaired) electrons. The van der Waals surface area contributed by atoms with Crippen molar-refractivity contribution in [2.24, 2.45) is 0 Å². The first kappa shape index (κ1) is 18.5. The van der Waals surface area contributed by atoms with Crippen LogP contribution in [0.25, 0.3) is 0 Å². The fourth-order valence-electron chi connectivity index (χ4n) is 3.70. The van der Waals surface area contributed by atoms with Crippen molar-refractivity contribution in [1.82, 2.24) is 15.6 Å². The summed E-state index contributed by atoms with van der Waals surface area (Å²) in [5.74, 6) is 0. The van der Waals surface area contributed by atoms with Gasteiger partial charge in [-0.3, -0.25) is 0 Å². The first-order chi connectivity index (χ1) is 13.8. The fraction of sp³-hybridized carbons (Fsp3) is 0.273. The summed E-state index contributed by atoms with van der Waals surface area (Å²) < 4.78 is 0. The third kappa shape index (κ3) is 4.34. The number of thiazole rings is 1. The van der Waals surface area contributed by atoms with Crippen LogP contribution >= 0.6 is 11.3 Å². The van der Waals surface area contributed by atoms with Crippen LogP contribution in [0.2, 0.25) is 0 Å². The first-order valence-electron chi connectivity index (χ1n) is 9.61. The van der Waals surface area contributed by atoms with Crippen molar-refractivity contribution in [3.8, 4) is 0 Å². The minimum Gasteiger partial charge on any atom is -0.343 e. The highest BCUT2D eigenvalue weighted by atomic mass is 32.1. The van der Waals surface area contributed by atoms with Crippen LogP contribution in [0.5, 0.6) is 0 Å². The van der Waals surface area contributed by atoms with Crippen LogP contribution in [0.1, 0.15) is 30.0 Å². The van der Waals surface area contributed by atoms with E-state index in [1.165, 1.54) is 0 Å². The van der Waals surface area contributed by atoms with Crippen LogP contribution in [0.3, 0.4) is 0 Å². The lowest BCUT2D eigenvalue weighted by Gasteiger charge is -2.25. The van der Waals surface area contributed by atoms with E-state index in [-0.39, 0.29) is 12.1 Å². The van der Waals surface area contributed by atoms with Gasteiger partial charge in [-0.15, -0.1) is 11.3 Å². The highest BCUT2D eigenvalue weighted by molar-refractivity contribution is 7.13. The summed E-state index contributed by atoms with van der Waals surface area (Å²) in [6.45, 7) is 1.61. The molecule has 28 heavy (non-hydrogen) atoms. The van der Waals surface area contributed by atoms with E-state index in [4.69, 9.17) is 0 Å². The Hall–Kier alpha value is -2.86. The number of urea groups is 1. The maximum atomic E-state index is 12.7. The Kier molecular flexibility index (Phi) is 5.87. The number of nitrogens with one attached hydrogen (secondary N) is 2. The molecule has 0 spiro atoms. The molecule has 0 aliphatic carbocycles. The highest BCUT2D eigenvalue weighted by Crippen LogP contribution is 2.27. The molecule has 1 aromatic heterocycles. The minimum absolute atomic E-state index is 0.149. The van der Waals surface area contributed by atoms with Crippen LogP contribution in [0.15, 0.2) is 72.2 Å². The van der Waals surface area contributed by atoms with Crippen LogP contribution in [-0.2, 0) is 0 Å². The van der Waals surface area contributed by atoms with Crippen molar-refractivity contribution in [1.29, 1.82) is 0 Å². The second-order valence-corrected chi connectivity index (χ2v) is 7.79. The van der Waals surface area contributed by atoms with Crippen molar-refractivity contribution in [2.75, 3.05) is 18.0 Å². The molecule has 1 atom stereocenters. The summed E-state index contributed by atoms with van der Waals surface area (Å²) in [5, 5.41) is 9.25. The van der Waals surface area contributed by atoms with E-state index >= 15 is 0 Å². The van der Waals surface area contributed by atoms with E-state index in [1.807, 2.05) is 72.2 Å². The van der Waals surface area contributed by atoms with Gasteiger partial charge >= 0.3 is 6.03 Å².